The highest BCUT2D eigenvalue weighted by atomic mass is 16.5. The van der Waals surface area contributed by atoms with E-state index < -0.39 is 0 Å². The number of hydrogen-bond donors (Lipinski definition) is 1. The predicted octanol–water partition coefficient (Wildman–Crippen LogP) is 3.79. The van der Waals surface area contributed by atoms with E-state index in [0.717, 1.165) is 12.3 Å². The monoisotopic (exact) mass is 241 g/mol. The highest BCUT2D eigenvalue weighted by Gasteiger charge is 1.98. The van der Waals surface area contributed by atoms with Crippen molar-refractivity contribution in [2.45, 2.75) is 13.8 Å². The Bertz CT molecular complexity index is 494. The molecule has 18 heavy (non-hydrogen) atoms. The normalized spacial score (nSPS) is 10.1. The molecule has 0 amide bonds. The van der Waals surface area contributed by atoms with Gasteiger partial charge in [0.2, 0.25) is 0 Å². The van der Waals surface area contributed by atoms with Crippen LogP contribution in [0.25, 0.3) is 0 Å². The van der Waals surface area contributed by atoms with Crippen LogP contribution in [-0.2, 0) is 0 Å². The first-order valence-electron chi connectivity index (χ1n) is 6.25. The number of hydrogen-bond acceptors (Lipinski definition) is 2. The summed E-state index contributed by atoms with van der Waals surface area (Å²) in [5, 5.41) is 3.40. The molecule has 2 aromatic carbocycles. The minimum absolute atomic E-state index is 0.664. The van der Waals surface area contributed by atoms with Crippen LogP contribution >= 0.6 is 0 Å². The van der Waals surface area contributed by atoms with Crippen LogP contribution in [0.4, 0.5) is 5.69 Å². The Kier molecular flexibility index (Phi) is 4.24. The molecule has 0 heterocycles. The molecule has 2 nitrogen and oxygen atoms in total. The van der Waals surface area contributed by atoms with Crippen LogP contribution in [0.15, 0.2) is 48.5 Å². The van der Waals surface area contributed by atoms with E-state index in [1.165, 1.54) is 16.8 Å². The first-order chi connectivity index (χ1) is 8.75. The second-order valence-corrected chi connectivity index (χ2v) is 4.41. The van der Waals surface area contributed by atoms with E-state index >= 15 is 0 Å². The van der Waals surface area contributed by atoms with Crippen molar-refractivity contribution in [1.82, 2.24) is 0 Å². The summed E-state index contributed by atoms with van der Waals surface area (Å²) in [5.74, 6) is 0.917. The van der Waals surface area contributed by atoms with Gasteiger partial charge in [0.05, 0.1) is 0 Å². The third kappa shape index (κ3) is 3.52. The van der Waals surface area contributed by atoms with Gasteiger partial charge in [0.15, 0.2) is 0 Å². The zero-order chi connectivity index (χ0) is 12.8. The van der Waals surface area contributed by atoms with Gasteiger partial charge in [-0.1, -0.05) is 30.3 Å². The summed E-state index contributed by atoms with van der Waals surface area (Å²) in [5.41, 5.74) is 3.72. The highest BCUT2D eigenvalue weighted by molar-refractivity contribution is 5.52. The Balaban J connectivity index is 1.80. The van der Waals surface area contributed by atoms with Gasteiger partial charge in [-0.05, 0) is 43.2 Å². The lowest BCUT2D eigenvalue weighted by molar-refractivity contribution is 0.333. The first-order valence-corrected chi connectivity index (χ1v) is 6.25. The Morgan fingerprint density at radius 2 is 1.78 bits per heavy atom. The average Bonchev–Trinajstić information content (AvgIpc) is 2.40. The molecule has 0 bridgehead atoms. The number of para-hydroxylation sites is 1. The molecule has 94 valence electrons. The molecular formula is C16H19NO. The van der Waals surface area contributed by atoms with Gasteiger partial charge >= 0.3 is 0 Å². The lowest BCUT2D eigenvalue weighted by Crippen LogP contribution is -2.12. The van der Waals surface area contributed by atoms with E-state index in [-0.39, 0.29) is 0 Å². The van der Waals surface area contributed by atoms with Gasteiger partial charge in [0.1, 0.15) is 12.4 Å². The van der Waals surface area contributed by atoms with Crippen LogP contribution in [0.2, 0.25) is 0 Å². The summed E-state index contributed by atoms with van der Waals surface area (Å²) in [6.45, 7) is 5.68. The van der Waals surface area contributed by atoms with E-state index in [1.807, 2.05) is 30.3 Å². The molecule has 0 unspecified atom stereocenters. The predicted molar refractivity (Wildman–Crippen MR) is 76.3 cm³/mol. The van der Waals surface area contributed by atoms with Gasteiger partial charge in [-0.15, -0.1) is 0 Å². The largest absolute Gasteiger partial charge is 0.492 e. The number of benzene rings is 2. The quantitative estimate of drug-likeness (QED) is 0.804. The first kappa shape index (κ1) is 12.5. The molecule has 0 aliphatic carbocycles. The lowest BCUT2D eigenvalue weighted by Gasteiger charge is -2.11. The molecule has 0 saturated heterocycles. The maximum absolute atomic E-state index is 5.64. The van der Waals surface area contributed by atoms with Crippen molar-refractivity contribution in [2.75, 3.05) is 18.5 Å². The molecule has 2 rings (SSSR count). The summed E-state index contributed by atoms with van der Waals surface area (Å²) in [6.07, 6.45) is 0. The number of ether oxygens (including phenoxy) is 1. The number of aryl methyl sites for hydroxylation is 2. The summed E-state index contributed by atoms with van der Waals surface area (Å²) in [4.78, 5) is 0. The van der Waals surface area contributed by atoms with Gasteiger partial charge in [0, 0.05) is 12.2 Å². The Morgan fingerprint density at radius 1 is 1.00 bits per heavy atom. The molecule has 0 aliphatic rings. The molecule has 0 radical (unpaired) electrons. The Hall–Kier alpha value is -1.96. The molecule has 0 atom stereocenters. The maximum Gasteiger partial charge on any atom is 0.119 e. The number of rotatable bonds is 5. The second kappa shape index (κ2) is 6.10. The summed E-state index contributed by atoms with van der Waals surface area (Å²) in [6, 6.07) is 16.3. The third-order valence-corrected chi connectivity index (χ3v) is 2.82. The van der Waals surface area contributed by atoms with Crippen LogP contribution in [0.3, 0.4) is 0 Å². The van der Waals surface area contributed by atoms with Crippen LogP contribution < -0.4 is 10.1 Å². The van der Waals surface area contributed by atoms with Crippen LogP contribution in [0.1, 0.15) is 11.1 Å². The molecule has 2 aromatic rings. The summed E-state index contributed by atoms with van der Waals surface area (Å²) in [7, 11) is 0. The maximum atomic E-state index is 5.64. The summed E-state index contributed by atoms with van der Waals surface area (Å²) >= 11 is 0. The van der Waals surface area contributed by atoms with Crippen molar-refractivity contribution in [3.63, 3.8) is 0 Å². The minimum atomic E-state index is 0.664. The fraction of sp³-hybridized carbons (Fsp3) is 0.250. The fourth-order valence-corrected chi connectivity index (χ4v) is 1.80. The standard InChI is InChI=1S/C16H19NO/c1-13-8-9-14(2)16(12-13)17-10-11-18-15-6-4-3-5-7-15/h3-9,12,17H,10-11H2,1-2H3. The number of nitrogens with one attached hydrogen (secondary N) is 1. The second-order valence-electron chi connectivity index (χ2n) is 4.41. The minimum Gasteiger partial charge on any atom is -0.492 e. The van der Waals surface area contributed by atoms with Gasteiger partial charge < -0.3 is 10.1 Å². The third-order valence-electron chi connectivity index (χ3n) is 2.82. The SMILES string of the molecule is Cc1ccc(C)c(NCCOc2ccccc2)c1. The lowest BCUT2D eigenvalue weighted by atomic mass is 10.1. The van der Waals surface area contributed by atoms with Crippen molar-refractivity contribution in [3.05, 3.63) is 59.7 Å². The van der Waals surface area contributed by atoms with E-state index in [9.17, 15) is 0 Å². The van der Waals surface area contributed by atoms with E-state index in [2.05, 4.69) is 37.4 Å². The molecule has 0 aromatic heterocycles. The van der Waals surface area contributed by atoms with Gasteiger partial charge in [0.25, 0.3) is 0 Å². The fourth-order valence-electron chi connectivity index (χ4n) is 1.80. The van der Waals surface area contributed by atoms with Crippen molar-refractivity contribution >= 4 is 5.69 Å². The number of anilines is 1. The molecule has 1 N–H and O–H groups in total. The topological polar surface area (TPSA) is 21.3 Å². The molecule has 0 aliphatic heterocycles. The highest BCUT2D eigenvalue weighted by Crippen LogP contribution is 2.16. The van der Waals surface area contributed by atoms with Crippen molar-refractivity contribution in [1.29, 1.82) is 0 Å². The average molecular weight is 241 g/mol. The zero-order valence-corrected chi connectivity index (χ0v) is 10.9. The molecule has 0 saturated carbocycles. The molecule has 0 fully saturated rings. The summed E-state index contributed by atoms with van der Waals surface area (Å²) < 4.78 is 5.64. The van der Waals surface area contributed by atoms with Gasteiger partial charge in [-0.25, -0.2) is 0 Å². The molecule has 2 heteroatoms. The van der Waals surface area contributed by atoms with Gasteiger partial charge in [-0.3, -0.25) is 0 Å². The van der Waals surface area contributed by atoms with E-state index in [0.29, 0.717) is 6.61 Å². The van der Waals surface area contributed by atoms with Crippen LogP contribution in [0.5, 0.6) is 5.75 Å². The zero-order valence-electron chi connectivity index (χ0n) is 10.9. The molecular weight excluding hydrogens is 222 g/mol. The van der Waals surface area contributed by atoms with Crippen molar-refractivity contribution < 1.29 is 4.74 Å². The van der Waals surface area contributed by atoms with Crippen LogP contribution in [0, 0.1) is 13.8 Å². The Morgan fingerprint density at radius 3 is 2.56 bits per heavy atom. The Labute approximate surface area is 109 Å². The van der Waals surface area contributed by atoms with E-state index in [1.54, 1.807) is 0 Å². The smallest absolute Gasteiger partial charge is 0.119 e. The van der Waals surface area contributed by atoms with E-state index in [4.69, 9.17) is 4.74 Å². The van der Waals surface area contributed by atoms with Crippen LogP contribution in [-0.4, -0.2) is 13.2 Å². The van der Waals surface area contributed by atoms with Crippen molar-refractivity contribution in [2.24, 2.45) is 0 Å². The van der Waals surface area contributed by atoms with Crippen molar-refractivity contribution in [3.8, 4) is 5.75 Å². The van der Waals surface area contributed by atoms with Gasteiger partial charge in [-0.2, -0.15) is 0 Å². The molecule has 0 spiro atoms.